The lowest BCUT2D eigenvalue weighted by molar-refractivity contribution is 0.143. The molecular weight excluding hydrogens is 394 g/mol. The van der Waals surface area contributed by atoms with Crippen LogP contribution in [-0.2, 0) is 4.74 Å². The van der Waals surface area contributed by atoms with E-state index in [4.69, 9.17) is 16.3 Å². The van der Waals surface area contributed by atoms with E-state index in [1.807, 2.05) is 61.5 Å². The summed E-state index contributed by atoms with van der Waals surface area (Å²) in [6.45, 7) is 2.85. The fourth-order valence-corrected chi connectivity index (χ4v) is 4.02. The predicted molar refractivity (Wildman–Crippen MR) is 123 cm³/mol. The third kappa shape index (κ3) is 4.42. The van der Waals surface area contributed by atoms with Crippen molar-refractivity contribution in [2.24, 2.45) is 0 Å². The topological polar surface area (TPSA) is 38.3 Å². The molecule has 152 valence electrons. The molecule has 0 unspecified atom stereocenters. The number of amides is 1. The summed E-state index contributed by atoms with van der Waals surface area (Å²) in [5, 5.41) is 3.60. The molecule has 3 aromatic rings. The zero-order valence-electron chi connectivity index (χ0n) is 16.9. The van der Waals surface area contributed by atoms with Crippen LogP contribution in [-0.4, -0.2) is 19.2 Å². The highest BCUT2D eigenvalue weighted by Gasteiger charge is 2.28. The Hall–Kier alpha value is -3.04. The molecule has 0 aliphatic heterocycles. The molecule has 0 heterocycles. The largest absolute Gasteiger partial charge is 0.449 e. The number of benzene rings is 3. The van der Waals surface area contributed by atoms with E-state index in [0.717, 1.165) is 22.6 Å². The molecule has 4 rings (SSSR count). The average Bonchev–Trinajstić information content (AvgIpc) is 3.08. The van der Waals surface area contributed by atoms with E-state index in [1.165, 1.54) is 22.3 Å². The van der Waals surface area contributed by atoms with Gasteiger partial charge in [0.25, 0.3) is 0 Å². The maximum Gasteiger partial charge on any atom is 0.407 e. The second kappa shape index (κ2) is 9.19. The van der Waals surface area contributed by atoms with E-state index in [-0.39, 0.29) is 12.0 Å². The smallest absolute Gasteiger partial charge is 0.407 e. The van der Waals surface area contributed by atoms with Gasteiger partial charge in [-0.25, -0.2) is 4.79 Å². The zero-order chi connectivity index (χ0) is 20.9. The van der Waals surface area contributed by atoms with Gasteiger partial charge in [-0.2, -0.15) is 0 Å². The number of ether oxygens (including phenoxy) is 1. The third-order valence-corrected chi connectivity index (χ3v) is 5.84. The number of alkyl carbamates (subject to hydrolysis) is 1. The number of hydrogen-bond donors (Lipinski definition) is 1. The van der Waals surface area contributed by atoms with Gasteiger partial charge in [-0.1, -0.05) is 84.4 Å². The Bertz CT molecular complexity index is 1040. The maximum absolute atomic E-state index is 12.2. The van der Waals surface area contributed by atoms with Crippen molar-refractivity contribution in [3.63, 3.8) is 0 Å². The number of carbonyl (C=O) groups excluding carboxylic acids is 1. The Morgan fingerprint density at radius 2 is 1.70 bits per heavy atom. The lowest BCUT2D eigenvalue weighted by Crippen LogP contribution is -2.26. The molecule has 0 saturated carbocycles. The van der Waals surface area contributed by atoms with Crippen molar-refractivity contribution in [3.05, 3.63) is 100 Å². The number of carbonyl (C=O) groups is 1. The van der Waals surface area contributed by atoms with Crippen molar-refractivity contribution in [3.8, 4) is 11.1 Å². The van der Waals surface area contributed by atoms with Crippen molar-refractivity contribution >= 4 is 23.8 Å². The van der Waals surface area contributed by atoms with Crippen LogP contribution in [0.4, 0.5) is 4.79 Å². The van der Waals surface area contributed by atoms with Crippen LogP contribution in [0.2, 0.25) is 5.02 Å². The summed E-state index contributed by atoms with van der Waals surface area (Å²) in [5.74, 6) is 0.0798. The van der Waals surface area contributed by atoms with Crippen molar-refractivity contribution in [1.29, 1.82) is 0 Å². The minimum absolute atomic E-state index is 0.0798. The van der Waals surface area contributed by atoms with Crippen molar-refractivity contribution in [2.45, 2.75) is 19.3 Å². The third-order valence-electron chi connectivity index (χ3n) is 5.42. The van der Waals surface area contributed by atoms with Crippen LogP contribution >= 0.6 is 11.6 Å². The first kappa shape index (κ1) is 20.2. The van der Waals surface area contributed by atoms with Gasteiger partial charge in [0.15, 0.2) is 0 Å². The fraction of sp³-hybridized carbons (Fsp3) is 0.192. The second-order valence-electron chi connectivity index (χ2n) is 7.45. The number of hydrogen-bond acceptors (Lipinski definition) is 2. The van der Waals surface area contributed by atoms with Gasteiger partial charge in [0.05, 0.1) is 0 Å². The summed E-state index contributed by atoms with van der Waals surface area (Å²) >= 11 is 6.05. The van der Waals surface area contributed by atoms with E-state index < -0.39 is 0 Å². The molecule has 1 N–H and O–H groups in total. The molecule has 0 aromatic heterocycles. The standard InChI is InChI=1S/C26H24ClNO2/c1-18-16-19(13-14-25(18)27)8-6-7-15-28-26(29)30-17-24-22-11-4-2-9-20(22)21-10-3-5-12-23(21)24/h2-6,8-14,16,24H,7,15,17H2,1H3,(H,28,29). The summed E-state index contributed by atoms with van der Waals surface area (Å²) in [6.07, 6.45) is 4.41. The van der Waals surface area contributed by atoms with Gasteiger partial charge < -0.3 is 10.1 Å². The Morgan fingerprint density at radius 3 is 2.37 bits per heavy atom. The van der Waals surface area contributed by atoms with Crippen LogP contribution in [0.15, 0.2) is 72.8 Å². The molecule has 0 spiro atoms. The van der Waals surface area contributed by atoms with E-state index in [2.05, 4.69) is 29.6 Å². The van der Waals surface area contributed by atoms with Crippen LogP contribution < -0.4 is 5.32 Å². The van der Waals surface area contributed by atoms with Gasteiger partial charge >= 0.3 is 6.09 Å². The van der Waals surface area contributed by atoms with Gasteiger partial charge in [0.2, 0.25) is 0 Å². The molecular formula is C26H24ClNO2. The molecule has 0 radical (unpaired) electrons. The average molecular weight is 418 g/mol. The van der Waals surface area contributed by atoms with E-state index in [9.17, 15) is 4.79 Å². The Labute approximate surface area is 182 Å². The number of rotatable bonds is 6. The minimum atomic E-state index is -0.382. The summed E-state index contributed by atoms with van der Waals surface area (Å²) in [5.41, 5.74) is 7.03. The summed E-state index contributed by atoms with van der Waals surface area (Å²) in [7, 11) is 0. The number of nitrogens with one attached hydrogen (secondary N) is 1. The highest BCUT2D eigenvalue weighted by molar-refractivity contribution is 6.31. The Morgan fingerprint density at radius 1 is 1.03 bits per heavy atom. The lowest BCUT2D eigenvalue weighted by atomic mass is 9.98. The first-order chi connectivity index (χ1) is 14.6. The molecule has 1 aliphatic rings. The molecule has 30 heavy (non-hydrogen) atoms. The van der Waals surface area contributed by atoms with Crippen molar-refractivity contribution in [2.75, 3.05) is 13.2 Å². The number of halogens is 1. The van der Waals surface area contributed by atoms with Gasteiger partial charge in [0, 0.05) is 17.5 Å². The van der Waals surface area contributed by atoms with Gasteiger partial charge in [-0.05, 0) is 52.8 Å². The van der Waals surface area contributed by atoms with E-state index >= 15 is 0 Å². The SMILES string of the molecule is Cc1cc(C=CCCNC(=O)OCC2c3ccccc3-c3ccccc32)ccc1Cl. The van der Waals surface area contributed by atoms with Crippen molar-refractivity contribution < 1.29 is 9.53 Å². The molecule has 3 nitrogen and oxygen atoms in total. The molecule has 0 fully saturated rings. The van der Waals surface area contributed by atoms with Crippen LogP contribution in [0.1, 0.15) is 34.6 Å². The monoisotopic (exact) mass is 417 g/mol. The quantitative estimate of drug-likeness (QED) is 0.459. The predicted octanol–water partition coefficient (Wildman–Crippen LogP) is 6.59. The number of fused-ring (bicyclic) bond motifs is 3. The molecule has 1 aliphatic carbocycles. The zero-order valence-corrected chi connectivity index (χ0v) is 17.7. The highest BCUT2D eigenvalue weighted by Crippen LogP contribution is 2.44. The Balaban J connectivity index is 1.27. The molecule has 3 aromatic carbocycles. The van der Waals surface area contributed by atoms with E-state index in [1.54, 1.807) is 0 Å². The van der Waals surface area contributed by atoms with Crippen LogP contribution in [0.25, 0.3) is 17.2 Å². The highest BCUT2D eigenvalue weighted by atomic mass is 35.5. The first-order valence-corrected chi connectivity index (χ1v) is 10.5. The van der Waals surface area contributed by atoms with Gasteiger partial charge in [-0.3, -0.25) is 0 Å². The molecule has 0 bridgehead atoms. The molecule has 4 heteroatoms. The molecule has 1 amide bonds. The summed E-state index contributed by atoms with van der Waals surface area (Å²) in [4.78, 5) is 12.2. The second-order valence-corrected chi connectivity index (χ2v) is 7.86. The summed E-state index contributed by atoms with van der Waals surface area (Å²) in [6, 6.07) is 22.6. The van der Waals surface area contributed by atoms with Crippen LogP contribution in [0.3, 0.4) is 0 Å². The lowest BCUT2D eigenvalue weighted by Gasteiger charge is -2.14. The van der Waals surface area contributed by atoms with Crippen molar-refractivity contribution in [1.82, 2.24) is 5.32 Å². The maximum atomic E-state index is 12.2. The number of aryl methyl sites for hydroxylation is 1. The molecule has 0 atom stereocenters. The normalized spacial score (nSPS) is 12.6. The minimum Gasteiger partial charge on any atom is -0.449 e. The first-order valence-electron chi connectivity index (χ1n) is 10.1. The van der Waals surface area contributed by atoms with Crippen LogP contribution in [0, 0.1) is 6.92 Å². The van der Waals surface area contributed by atoms with Gasteiger partial charge in [0.1, 0.15) is 6.61 Å². The van der Waals surface area contributed by atoms with E-state index in [0.29, 0.717) is 13.2 Å². The molecule has 0 saturated heterocycles. The van der Waals surface area contributed by atoms with Gasteiger partial charge in [-0.15, -0.1) is 0 Å². The Kier molecular flexibility index (Phi) is 6.20. The summed E-state index contributed by atoms with van der Waals surface area (Å²) < 4.78 is 5.54. The van der Waals surface area contributed by atoms with Crippen LogP contribution in [0.5, 0.6) is 0 Å². The fourth-order valence-electron chi connectivity index (χ4n) is 3.90.